The molecule has 4 heteroatoms. The first kappa shape index (κ1) is 18.0. The SMILES string of the molecule is CC(=O)c1ccc(OC(C)C(=O)Nc2ccc3c(c2)Cc2ccccc2-3)cc1. The first-order valence-electron chi connectivity index (χ1n) is 9.31. The number of anilines is 1. The zero-order chi connectivity index (χ0) is 19.7. The molecule has 3 aromatic carbocycles. The fraction of sp³-hybridized carbons (Fsp3) is 0.167. The molecule has 0 aromatic heterocycles. The van der Waals surface area contributed by atoms with Crippen molar-refractivity contribution in [2.24, 2.45) is 0 Å². The standard InChI is InChI=1S/C24H21NO3/c1-15(26)17-7-10-21(11-8-17)28-16(2)24(27)25-20-9-12-23-19(14-20)13-18-5-3-4-6-22(18)23/h3-12,14,16H,13H2,1-2H3,(H,25,27). The van der Waals surface area contributed by atoms with E-state index in [4.69, 9.17) is 4.74 Å². The highest BCUT2D eigenvalue weighted by Gasteiger charge is 2.20. The summed E-state index contributed by atoms with van der Waals surface area (Å²) in [5.74, 6) is 0.333. The predicted octanol–water partition coefficient (Wildman–Crippen LogP) is 4.87. The van der Waals surface area contributed by atoms with Crippen molar-refractivity contribution in [1.82, 2.24) is 0 Å². The zero-order valence-corrected chi connectivity index (χ0v) is 15.9. The number of fused-ring (bicyclic) bond motifs is 3. The molecule has 1 aliphatic rings. The fourth-order valence-corrected chi connectivity index (χ4v) is 3.49. The van der Waals surface area contributed by atoms with Crippen molar-refractivity contribution in [2.45, 2.75) is 26.4 Å². The monoisotopic (exact) mass is 371 g/mol. The average Bonchev–Trinajstić information content (AvgIpc) is 3.06. The highest BCUT2D eigenvalue weighted by molar-refractivity contribution is 5.95. The molecule has 1 N–H and O–H groups in total. The number of carbonyl (C=O) groups excluding carboxylic acids is 2. The van der Waals surface area contributed by atoms with Crippen molar-refractivity contribution < 1.29 is 14.3 Å². The van der Waals surface area contributed by atoms with E-state index in [1.54, 1.807) is 31.2 Å². The molecule has 140 valence electrons. The van der Waals surface area contributed by atoms with Crippen LogP contribution in [0.5, 0.6) is 5.75 Å². The van der Waals surface area contributed by atoms with E-state index in [2.05, 4.69) is 29.6 Å². The van der Waals surface area contributed by atoms with Crippen LogP contribution in [0.15, 0.2) is 66.7 Å². The predicted molar refractivity (Wildman–Crippen MR) is 110 cm³/mol. The Morgan fingerprint density at radius 3 is 2.39 bits per heavy atom. The Balaban J connectivity index is 1.42. The van der Waals surface area contributed by atoms with Crippen LogP contribution in [0.3, 0.4) is 0 Å². The number of rotatable bonds is 5. The Hall–Kier alpha value is -3.40. The van der Waals surface area contributed by atoms with Crippen molar-refractivity contribution in [1.29, 1.82) is 0 Å². The van der Waals surface area contributed by atoms with E-state index in [1.165, 1.54) is 29.2 Å². The lowest BCUT2D eigenvalue weighted by Crippen LogP contribution is -2.30. The van der Waals surface area contributed by atoms with Gasteiger partial charge in [-0.05, 0) is 78.9 Å². The summed E-state index contributed by atoms with van der Waals surface area (Å²) in [5, 5.41) is 2.93. The van der Waals surface area contributed by atoms with E-state index in [1.807, 2.05) is 18.2 Å². The van der Waals surface area contributed by atoms with Crippen LogP contribution in [0.2, 0.25) is 0 Å². The normalized spacial score (nSPS) is 12.6. The van der Waals surface area contributed by atoms with Crippen LogP contribution in [0, 0.1) is 0 Å². The number of amides is 1. The molecule has 4 rings (SSSR count). The highest BCUT2D eigenvalue weighted by atomic mass is 16.5. The van der Waals surface area contributed by atoms with Gasteiger partial charge in [-0.2, -0.15) is 0 Å². The molecule has 3 aromatic rings. The number of hydrogen-bond donors (Lipinski definition) is 1. The lowest BCUT2D eigenvalue weighted by Gasteiger charge is -2.15. The molecule has 1 unspecified atom stereocenters. The Morgan fingerprint density at radius 1 is 0.929 bits per heavy atom. The van der Waals surface area contributed by atoms with Crippen molar-refractivity contribution in [2.75, 3.05) is 5.32 Å². The number of ketones is 1. The topological polar surface area (TPSA) is 55.4 Å². The summed E-state index contributed by atoms with van der Waals surface area (Å²) in [6.07, 6.45) is 0.220. The smallest absolute Gasteiger partial charge is 0.265 e. The van der Waals surface area contributed by atoms with Gasteiger partial charge in [0.2, 0.25) is 0 Å². The van der Waals surface area contributed by atoms with Crippen molar-refractivity contribution in [3.8, 4) is 16.9 Å². The number of Topliss-reactive ketones (excluding diaryl/α,β-unsaturated/α-hetero) is 1. The summed E-state index contributed by atoms with van der Waals surface area (Å²) < 4.78 is 5.70. The number of nitrogens with one attached hydrogen (secondary N) is 1. The number of benzene rings is 3. The molecule has 0 saturated heterocycles. The van der Waals surface area contributed by atoms with E-state index in [0.29, 0.717) is 11.3 Å². The van der Waals surface area contributed by atoms with Gasteiger partial charge in [0.05, 0.1) is 0 Å². The van der Waals surface area contributed by atoms with Crippen LogP contribution in [-0.2, 0) is 11.2 Å². The molecule has 4 nitrogen and oxygen atoms in total. The molecule has 28 heavy (non-hydrogen) atoms. The maximum atomic E-state index is 12.5. The molecule has 0 radical (unpaired) electrons. The van der Waals surface area contributed by atoms with Gasteiger partial charge in [0.1, 0.15) is 5.75 Å². The third-order valence-electron chi connectivity index (χ3n) is 5.00. The van der Waals surface area contributed by atoms with Gasteiger partial charge < -0.3 is 10.1 Å². The first-order chi connectivity index (χ1) is 13.5. The molecule has 0 fully saturated rings. The first-order valence-corrected chi connectivity index (χ1v) is 9.31. The molecule has 0 aliphatic heterocycles. The third kappa shape index (κ3) is 3.54. The Bertz CT molecular complexity index is 1050. The van der Waals surface area contributed by atoms with E-state index >= 15 is 0 Å². The quantitative estimate of drug-likeness (QED) is 0.510. The second-order valence-corrected chi connectivity index (χ2v) is 7.04. The maximum absolute atomic E-state index is 12.5. The second-order valence-electron chi connectivity index (χ2n) is 7.04. The number of hydrogen-bond acceptors (Lipinski definition) is 3. The summed E-state index contributed by atoms with van der Waals surface area (Å²) in [5.41, 5.74) is 6.39. The fourth-order valence-electron chi connectivity index (χ4n) is 3.49. The van der Waals surface area contributed by atoms with Crippen molar-refractivity contribution in [3.63, 3.8) is 0 Å². The van der Waals surface area contributed by atoms with E-state index in [9.17, 15) is 9.59 Å². The van der Waals surface area contributed by atoms with E-state index < -0.39 is 6.10 Å². The van der Waals surface area contributed by atoms with Gasteiger partial charge in [0, 0.05) is 11.3 Å². The van der Waals surface area contributed by atoms with Crippen LogP contribution in [0.25, 0.3) is 11.1 Å². The summed E-state index contributed by atoms with van der Waals surface area (Å²) in [7, 11) is 0. The lowest BCUT2D eigenvalue weighted by molar-refractivity contribution is -0.122. The highest BCUT2D eigenvalue weighted by Crippen LogP contribution is 2.37. The summed E-state index contributed by atoms with van der Waals surface area (Å²) >= 11 is 0. The Kier molecular flexibility index (Phi) is 4.70. The summed E-state index contributed by atoms with van der Waals surface area (Å²) in [6.45, 7) is 3.22. The molecule has 0 heterocycles. The molecular formula is C24H21NO3. The molecule has 1 aliphatic carbocycles. The Labute approximate surface area is 164 Å². The molecule has 1 amide bonds. The van der Waals surface area contributed by atoms with E-state index in [-0.39, 0.29) is 11.7 Å². The summed E-state index contributed by atoms with van der Waals surface area (Å²) in [6, 6.07) is 21.2. The van der Waals surface area contributed by atoms with Crippen LogP contribution < -0.4 is 10.1 Å². The van der Waals surface area contributed by atoms with Gasteiger partial charge in [-0.3, -0.25) is 9.59 Å². The zero-order valence-electron chi connectivity index (χ0n) is 15.9. The van der Waals surface area contributed by atoms with E-state index in [0.717, 1.165) is 12.1 Å². The van der Waals surface area contributed by atoms with Gasteiger partial charge in [-0.1, -0.05) is 30.3 Å². The van der Waals surface area contributed by atoms with Crippen molar-refractivity contribution >= 4 is 17.4 Å². The van der Waals surface area contributed by atoms with Gasteiger partial charge in [0.25, 0.3) is 5.91 Å². The maximum Gasteiger partial charge on any atom is 0.265 e. The van der Waals surface area contributed by atoms with Gasteiger partial charge in [-0.15, -0.1) is 0 Å². The van der Waals surface area contributed by atoms with Crippen LogP contribution in [0.1, 0.15) is 35.3 Å². The molecular weight excluding hydrogens is 350 g/mol. The molecule has 0 saturated carbocycles. The molecule has 0 bridgehead atoms. The molecule has 0 spiro atoms. The minimum absolute atomic E-state index is 0.00361. The summed E-state index contributed by atoms with van der Waals surface area (Å²) in [4.78, 5) is 23.9. The third-order valence-corrected chi connectivity index (χ3v) is 5.00. The number of carbonyl (C=O) groups is 2. The average molecular weight is 371 g/mol. The molecule has 1 atom stereocenters. The largest absolute Gasteiger partial charge is 0.481 e. The number of ether oxygens (including phenoxy) is 1. The van der Waals surface area contributed by atoms with Crippen molar-refractivity contribution in [3.05, 3.63) is 83.4 Å². The van der Waals surface area contributed by atoms with Crippen LogP contribution in [0.4, 0.5) is 5.69 Å². The second kappa shape index (κ2) is 7.31. The minimum atomic E-state index is -0.659. The van der Waals surface area contributed by atoms with Gasteiger partial charge in [0.15, 0.2) is 11.9 Å². The van der Waals surface area contributed by atoms with Crippen LogP contribution >= 0.6 is 0 Å². The van der Waals surface area contributed by atoms with Gasteiger partial charge in [-0.25, -0.2) is 0 Å². The van der Waals surface area contributed by atoms with Crippen LogP contribution in [-0.4, -0.2) is 17.8 Å². The van der Waals surface area contributed by atoms with Gasteiger partial charge >= 0.3 is 0 Å². The minimum Gasteiger partial charge on any atom is -0.481 e. The Morgan fingerprint density at radius 2 is 1.64 bits per heavy atom. The lowest BCUT2D eigenvalue weighted by atomic mass is 10.1.